The fourth-order valence-corrected chi connectivity index (χ4v) is 5.81. The Morgan fingerprint density at radius 2 is 1.21 bits per heavy atom. The molecule has 4 aromatic heterocycles. The number of benzene rings is 2. The lowest BCUT2D eigenvalue weighted by atomic mass is 10.2. The van der Waals surface area contributed by atoms with E-state index in [0.717, 1.165) is 34.4 Å². The van der Waals surface area contributed by atoms with Crippen LogP contribution in [0.2, 0.25) is 0 Å². The molecule has 4 N–H and O–H groups in total. The van der Waals surface area contributed by atoms with E-state index in [4.69, 9.17) is 10.7 Å². The number of hydrogen-bond acceptors (Lipinski definition) is 7. The number of carbonyl (C=O) groups excluding carboxylic acids is 3. The summed E-state index contributed by atoms with van der Waals surface area (Å²) < 4.78 is 7.26. The highest BCUT2D eigenvalue weighted by atomic mass is 16.2. The Balaban J connectivity index is 1.24. The van der Waals surface area contributed by atoms with Gasteiger partial charge in [0.05, 0.1) is 33.5 Å². The second-order valence-corrected chi connectivity index (χ2v) is 11.3. The van der Waals surface area contributed by atoms with E-state index in [2.05, 4.69) is 25.8 Å². The molecule has 0 atom stereocenters. The Morgan fingerprint density at radius 1 is 0.702 bits per heavy atom. The van der Waals surface area contributed by atoms with Crippen LogP contribution in [0.25, 0.3) is 22.1 Å². The van der Waals surface area contributed by atoms with Crippen molar-refractivity contribution in [3.63, 3.8) is 0 Å². The predicted molar refractivity (Wildman–Crippen MR) is 178 cm³/mol. The second-order valence-electron chi connectivity index (χ2n) is 11.3. The minimum atomic E-state index is -0.556. The number of nitrogens with zero attached hydrogens (tertiary/aromatic N) is 8. The van der Waals surface area contributed by atoms with Gasteiger partial charge in [-0.2, -0.15) is 10.2 Å². The summed E-state index contributed by atoms with van der Waals surface area (Å²) in [6.07, 6.45) is 1.43. The first-order chi connectivity index (χ1) is 22.7. The summed E-state index contributed by atoms with van der Waals surface area (Å²) in [5, 5.41) is 14.7. The first-order valence-corrected chi connectivity index (χ1v) is 15.6. The Bertz CT molecular complexity index is 2130. The van der Waals surface area contributed by atoms with Crippen LogP contribution < -0.4 is 16.4 Å². The van der Waals surface area contributed by atoms with Crippen LogP contribution in [0.5, 0.6) is 0 Å². The molecule has 0 fully saturated rings. The van der Waals surface area contributed by atoms with Gasteiger partial charge in [0.1, 0.15) is 11.4 Å². The van der Waals surface area contributed by atoms with Gasteiger partial charge in [0.2, 0.25) is 17.8 Å². The van der Waals surface area contributed by atoms with E-state index < -0.39 is 5.91 Å². The smallest absolute Gasteiger partial charge is 0.276 e. The summed E-state index contributed by atoms with van der Waals surface area (Å²) >= 11 is 0. The molecule has 0 radical (unpaired) electrons. The molecule has 3 amide bonds. The number of fused-ring (bicyclic) bond motifs is 2. The van der Waals surface area contributed by atoms with Crippen LogP contribution >= 0.6 is 0 Å². The molecule has 6 aromatic rings. The number of rotatable bonds is 12. The number of anilines is 2. The molecule has 4 heterocycles. The van der Waals surface area contributed by atoms with Crippen molar-refractivity contribution >= 4 is 51.7 Å². The highest BCUT2D eigenvalue weighted by molar-refractivity contribution is 6.04. The lowest BCUT2D eigenvalue weighted by Gasteiger charge is -2.13. The average Bonchev–Trinajstić information content (AvgIpc) is 3.81. The van der Waals surface area contributed by atoms with Crippen molar-refractivity contribution in [1.29, 1.82) is 0 Å². The van der Waals surface area contributed by atoms with Gasteiger partial charge in [0.15, 0.2) is 0 Å². The van der Waals surface area contributed by atoms with Crippen LogP contribution in [-0.2, 0) is 26.2 Å². The third kappa shape index (κ3) is 6.21. The van der Waals surface area contributed by atoms with Crippen LogP contribution in [0.1, 0.15) is 69.4 Å². The molecule has 0 aliphatic heterocycles. The maximum atomic E-state index is 13.3. The zero-order chi connectivity index (χ0) is 33.2. The van der Waals surface area contributed by atoms with E-state index in [0.29, 0.717) is 67.0 Å². The molecular formula is C33H37N11O3. The van der Waals surface area contributed by atoms with Crippen molar-refractivity contribution in [2.24, 2.45) is 5.73 Å². The van der Waals surface area contributed by atoms with Gasteiger partial charge in [-0.3, -0.25) is 34.4 Å². The first-order valence-electron chi connectivity index (χ1n) is 15.6. The Hall–Kier alpha value is -5.79. The molecular weight excluding hydrogens is 598 g/mol. The molecule has 0 aliphatic rings. The average molecular weight is 636 g/mol. The standard InChI is InChI=1S/C33H37N11O3/c1-5-43-27(17-20(3)39-43)30(46)37-32-35-23-11-7-8-12-25(23)41(32)15-9-10-16-42-26-14-13-22(29(34)45)19-24(26)36-33(42)38-31(47)28-18-21(4)40-44(28)6-2/h7-8,11-14,17-19H,5-6,9-10,15-16H2,1-4H3,(H2,34,45)(H,35,37,46)(H,36,38,47). The second kappa shape index (κ2) is 12.9. The predicted octanol–water partition coefficient (Wildman–Crippen LogP) is 4.52. The maximum Gasteiger partial charge on any atom is 0.276 e. The number of hydrogen-bond donors (Lipinski definition) is 3. The minimum Gasteiger partial charge on any atom is -0.366 e. The summed E-state index contributed by atoms with van der Waals surface area (Å²) in [4.78, 5) is 47.9. The van der Waals surface area contributed by atoms with Crippen molar-refractivity contribution in [3.05, 3.63) is 82.9 Å². The summed E-state index contributed by atoms with van der Waals surface area (Å²) in [7, 11) is 0. The van der Waals surface area contributed by atoms with Crippen LogP contribution in [0.15, 0.2) is 54.6 Å². The highest BCUT2D eigenvalue weighted by Gasteiger charge is 2.20. The SMILES string of the molecule is CCn1nc(C)cc1C(=O)Nc1nc2ccccc2n1CCCCn1c(NC(=O)c2cc(C)nn2CC)nc2cc(C(N)=O)ccc21. The van der Waals surface area contributed by atoms with E-state index >= 15 is 0 Å². The zero-order valence-corrected chi connectivity index (χ0v) is 26.8. The summed E-state index contributed by atoms with van der Waals surface area (Å²) in [6, 6.07) is 16.3. The Labute approximate surface area is 270 Å². The van der Waals surface area contributed by atoms with E-state index in [1.807, 2.05) is 61.1 Å². The van der Waals surface area contributed by atoms with Gasteiger partial charge in [-0.25, -0.2) is 9.97 Å². The molecule has 47 heavy (non-hydrogen) atoms. The number of primary amides is 1. The third-order valence-electron chi connectivity index (χ3n) is 8.02. The molecule has 2 aromatic carbocycles. The molecule has 0 aliphatic carbocycles. The van der Waals surface area contributed by atoms with Gasteiger partial charge < -0.3 is 14.9 Å². The quantitative estimate of drug-likeness (QED) is 0.166. The molecule has 0 bridgehead atoms. The van der Waals surface area contributed by atoms with Crippen LogP contribution in [0.4, 0.5) is 11.9 Å². The summed E-state index contributed by atoms with van der Waals surface area (Å²) in [5.74, 6) is -0.343. The fourth-order valence-electron chi connectivity index (χ4n) is 5.81. The number of amides is 3. The largest absolute Gasteiger partial charge is 0.366 e. The van der Waals surface area contributed by atoms with Crippen molar-refractivity contribution in [2.75, 3.05) is 10.6 Å². The number of imidazole rings is 2. The fraction of sp³-hybridized carbons (Fsp3) is 0.303. The van der Waals surface area contributed by atoms with Crippen LogP contribution in [0.3, 0.4) is 0 Å². The molecule has 14 nitrogen and oxygen atoms in total. The van der Waals surface area contributed by atoms with Crippen molar-refractivity contribution in [1.82, 2.24) is 38.7 Å². The number of aryl methyl sites for hydroxylation is 6. The van der Waals surface area contributed by atoms with Crippen LogP contribution in [0, 0.1) is 13.8 Å². The van der Waals surface area contributed by atoms with Crippen LogP contribution in [-0.4, -0.2) is 56.4 Å². The monoisotopic (exact) mass is 635 g/mol. The highest BCUT2D eigenvalue weighted by Crippen LogP contribution is 2.25. The zero-order valence-electron chi connectivity index (χ0n) is 26.8. The molecule has 0 unspecified atom stereocenters. The van der Waals surface area contributed by atoms with Gasteiger partial charge in [-0.15, -0.1) is 0 Å². The van der Waals surface area contributed by atoms with E-state index in [-0.39, 0.29) is 11.8 Å². The van der Waals surface area contributed by atoms with E-state index in [1.54, 1.807) is 39.7 Å². The van der Waals surface area contributed by atoms with Gasteiger partial charge in [0.25, 0.3) is 11.8 Å². The lowest BCUT2D eigenvalue weighted by Crippen LogP contribution is -2.20. The topological polar surface area (TPSA) is 173 Å². The number of nitrogens with two attached hydrogens (primary N) is 1. The van der Waals surface area contributed by atoms with Crippen molar-refractivity contribution in [2.45, 2.75) is 66.7 Å². The van der Waals surface area contributed by atoms with Crippen molar-refractivity contribution in [3.8, 4) is 0 Å². The molecule has 14 heteroatoms. The number of unbranched alkanes of at least 4 members (excludes halogenated alkanes) is 1. The molecule has 0 saturated carbocycles. The normalized spacial score (nSPS) is 11.4. The van der Waals surface area contributed by atoms with Gasteiger partial charge in [-0.05, 0) is 83.0 Å². The van der Waals surface area contributed by atoms with Crippen molar-refractivity contribution < 1.29 is 14.4 Å². The molecule has 6 rings (SSSR count). The first kappa shape index (κ1) is 31.2. The number of nitrogens with one attached hydrogen (secondary N) is 2. The molecule has 0 saturated heterocycles. The Kier molecular flexibility index (Phi) is 8.57. The third-order valence-corrected chi connectivity index (χ3v) is 8.02. The van der Waals surface area contributed by atoms with E-state index in [9.17, 15) is 14.4 Å². The lowest BCUT2D eigenvalue weighted by molar-refractivity contribution is 0.0995. The number of aromatic nitrogens is 8. The van der Waals surface area contributed by atoms with Gasteiger partial charge in [0, 0.05) is 31.7 Å². The number of para-hydroxylation sites is 2. The number of carbonyl (C=O) groups is 3. The van der Waals surface area contributed by atoms with Gasteiger partial charge in [-0.1, -0.05) is 12.1 Å². The summed E-state index contributed by atoms with van der Waals surface area (Å²) in [5.41, 5.74) is 11.3. The van der Waals surface area contributed by atoms with E-state index in [1.165, 1.54) is 0 Å². The maximum absolute atomic E-state index is 13.3. The van der Waals surface area contributed by atoms with Gasteiger partial charge >= 0.3 is 0 Å². The molecule has 242 valence electrons. The molecule has 0 spiro atoms. The summed E-state index contributed by atoms with van der Waals surface area (Å²) in [6.45, 7) is 9.78. The minimum absolute atomic E-state index is 0.274. The Morgan fingerprint density at radius 3 is 1.74 bits per heavy atom.